The maximum absolute atomic E-state index is 12.6. The Bertz CT molecular complexity index is 219. The van der Waals surface area contributed by atoms with E-state index in [0.717, 1.165) is 0 Å². The molecule has 1 fully saturated rings. The van der Waals surface area contributed by atoms with Gasteiger partial charge in [-0.05, 0) is 37.0 Å². The molecule has 0 amide bonds. The number of nitrogens with two attached hydrogens (primary N) is 1. The molecule has 2 N–H and O–H groups in total. The Morgan fingerprint density at radius 1 is 1.07 bits per heavy atom. The lowest BCUT2D eigenvalue weighted by Crippen LogP contribution is -2.56. The molecule has 0 saturated heterocycles. The second kappa shape index (κ2) is 3.65. The molecule has 1 aliphatic carbocycles. The molecule has 1 saturated carbocycles. The van der Waals surface area contributed by atoms with Crippen molar-refractivity contribution in [2.75, 3.05) is 0 Å². The Hall–Kier alpha value is -0.250. The summed E-state index contributed by atoms with van der Waals surface area (Å²) < 4.78 is 37.9. The van der Waals surface area contributed by atoms with Crippen LogP contribution < -0.4 is 5.73 Å². The smallest absolute Gasteiger partial charge is 0.318 e. The summed E-state index contributed by atoms with van der Waals surface area (Å²) in [6.07, 6.45) is -2.95. The van der Waals surface area contributed by atoms with Crippen molar-refractivity contribution in [3.8, 4) is 0 Å². The lowest BCUT2D eigenvalue weighted by Gasteiger charge is -2.42. The molecule has 0 spiro atoms. The number of rotatable bonds is 0. The van der Waals surface area contributed by atoms with Gasteiger partial charge in [0.1, 0.15) is 5.54 Å². The Balaban J connectivity index is 2.64. The minimum atomic E-state index is -4.25. The van der Waals surface area contributed by atoms with Crippen LogP contribution in [0.2, 0.25) is 0 Å². The molecule has 1 aliphatic rings. The zero-order chi connectivity index (χ0) is 11.9. The van der Waals surface area contributed by atoms with Gasteiger partial charge in [0.15, 0.2) is 0 Å². The third-order valence-corrected chi connectivity index (χ3v) is 3.67. The van der Waals surface area contributed by atoms with Gasteiger partial charge in [-0.1, -0.05) is 20.8 Å². The SMILES string of the molecule is CC(C)(C)C1CCC(N)(C(F)(F)F)CC1. The maximum atomic E-state index is 12.6. The van der Waals surface area contributed by atoms with Crippen molar-refractivity contribution in [2.45, 2.75) is 58.2 Å². The fourth-order valence-corrected chi connectivity index (χ4v) is 2.28. The molecule has 4 heteroatoms. The van der Waals surface area contributed by atoms with Crippen molar-refractivity contribution in [1.82, 2.24) is 0 Å². The first-order chi connectivity index (χ1) is 6.56. The Morgan fingerprint density at radius 2 is 1.47 bits per heavy atom. The average molecular weight is 223 g/mol. The van der Waals surface area contributed by atoms with Gasteiger partial charge in [-0.3, -0.25) is 0 Å². The molecule has 0 atom stereocenters. The fraction of sp³-hybridized carbons (Fsp3) is 1.00. The van der Waals surface area contributed by atoms with Crippen LogP contribution in [0.5, 0.6) is 0 Å². The van der Waals surface area contributed by atoms with Crippen LogP contribution >= 0.6 is 0 Å². The van der Waals surface area contributed by atoms with Gasteiger partial charge in [0.25, 0.3) is 0 Å². The quantitative estimate of drug-likeness (QED) is 0.668. The normalized spacial score (nSPS) is 34.2. The summed E-state index contributed by atoms with van der Waals surface area (Å²) in [6.45, 7) is 6.23. The number of halogens is 3. The zero-order valence-corrected chi connectivity index (χ0v) is 9.62. The highest BCUT2D eigenvalue weighted by atomic mass is 19.4. The minimum Gasteiger partial charge on any atom is -0.318 e. The van der Waals surface area contributed by atoms with Gasteiger partial charge >= 0.3 is 6.18 Å². The summed E-state index contributed by atoms with van der Waals surface area (Å²) in [5.74, 6) is 0.358. The Labute approximate surface area is 89.2 Å². The zero-order valence-electron chi connectivity index (χ0n) is 9.62. The molecule has 90 valence electrons. The second-order valence-electron chi connectivity index (χ2n) is 5.79. The van der Waals surface area contributed by atoms with Gasteiger partial charge in [-0.15, -0.1) is 0 Å². The monoisotopic (exact) mass is 223 g/mol. The van der Waals surface area contributed by atoms with Crippen molar-refractivity contribution >= 4 is 0 Å². The van der Waals surface area contributed by atoms with Gasteiger partial charge in [-0.2, -0.15) is 13.2 Å². The van der Waals surface area contributed by atoms with E-state index in [2.05, 4.69) is 20.8 Å². The first-order valence-electron chi connectivity index (χ1n) is 5.42. The highest BCUT2D eigenvalue weighted by Gasteiger charge is 2.53. The van der Waals surface area contributed by atoms with Crippen LogP contribution in [0.3, 0.4) is 0 Å². The van der Waals surface area contributed by atoms with Crippen molar-refractivity contribution in [1.29, 1.82) is 0 Å². The van der Waals surface area contributed by atoms with Crippen LogP contribution in [-0.4, -0.2) is 11.7 Å². The van der Waals surface area contributed by atoms with Crippen molar-refractivity contribution < 1.29 is 13.2 Å². The van der Waals surface area contributed by atoms with E-state index in [1.807, 2.05) is 0 Å². The van der Waals surface area contributed by atoms with Gasteiger partial charge in [0.05, 0.1) is 0 Å². The number of alkyl halides is 3. The molecule has 1 nitrogen and oxygen atoms in total. The first-order valence-corrected chi connectivity index (χ1v) is 5.42. The van der Waals surface area contributed by atoms with Crippen LogP contribution in [-0.2, 0) is 0 Å². The molecule has 0 aromatic carbocycles. The van der Waals surface area contributed by atoms with Gasteiger partial charge in [0, 0.05) is 0 Å². The average Bonchev–Trinajstić information content (AvgIpc) is 2.01. The summed E-state index contributed by atoms with van der Waals surface area (Å²) in [4.78, 5) is 0. The molecule has 0 aliphatic heterocycles. The lowest BCUT2D eigenvalue weighted by atomic mass is 9.67. The van der Waals surface area contributed by atoms with E-state index in [9.17, 15) is 13.2 Å². The summed E-state index contributed by atoms with van der Waals surface area (Å²) in [5.41, 5.74) is 3.57. The van der Waals surface area contributed by atoms with Crippen LogP contribution in [0.4, 0.5) is 13.2 Å². The lowest BCUT2D eigenvalue weighted by molar-refractivity contribution is -0.197. The van der Waals surface area contributed by atoms with E-state index in [-0.39, 0.29) is 18.3 Å². The molecule has 15 heavy (non-hydrogen) atoms. The molecule has 0 radical (unpaired) electrons. The third-order valence-electron chi connectivity index (χ3n) is 3.67. The van der Waals surface area contributed by atoms with Gasteiger partial charge in [-0.25, -0.2) is 0 Å². The van der Waals surface area contributed by atoms with E-state index in [1.165, 1.54) is 0 Å². The van der Waals surface area contributed by atoms with Crippen LogP contribution in [0, 0.1) is 11.3 Å². The summed E-state index contributed by atoms with van der Waals surface area (Å²) in [5, 5.41) is 0. The topological polar surface area (TPSA) is 26.0 Å². The highest BCUT2D eigenvalue weighted by molar-refractivity contribution is 4.97. The van der Waals surface area contributed by atoms with E-state index in [0.29, 0.717) is 18.8 Å². The fourth-order valence-electron chi connectivity index (χ4n) is 2.28. The molecular weight excluding hydrogens is 203 g/mol. The summed E-state index contributed by atoms with van der Waals surface area (Å²) in [7, 11) is 0. The summed E-state index contributed by atoms with van der Waals surface area (Å²) >= 11 is 0. The van der Waals surface area contributed by atoms with E-state index in [1.54, 1.807) is 0 Å². The van der Waals surface area contributed by atoms with Gasteiger partial charge < -0.3 is 5.73 Å². The molecule has 0 bridgehead atoms. The first kappa shape index (κ1) is 12.8. The van der Waals surface area contributed by atoms with E-state index >= 15 is 0 Å². The second-order valence-corrected chi connectivity index (χ2v) is 5.79. The molecule has 0 aromatic rings. The van der Waals surface area contributed by atoms with Crippen molar-refractivity contribution in [3.63, 3.8) is 0 Å². The highest BCUT2D eigenvalue weighted by Crippen LogP contribution is 2.46. The van der Waals surface area contributed by atoms with Crippen molar-refractivity contribution in [2.24, 2.45) is 17.1 Å². The predicted molar refractivity (Wildman–Crippen MR) is 54.4 cm³/mol. The molecular formula is C11H20F3N. The molecule has 0 aromatic heterocycles. The summed E-state index contributed by atoms with van der Waals surface area (Å²) in [6, 6.07) is 0. The Morgan fingerprint density at radius 3 is 1.73 bits per heavy atom. The number of hydrogen-bond acceptors (Lipinski definition) is 1. The molecule has 0 unspecified atom stereocenters. The number of hydrogen-bond donors (Lipinski definition) is 1. The van der Waals surface area contributed by atoms with Gasteiger partial charge in [0.2, 0.25) is 0 Å². The van der Waals surface area contributed by atoms with E-state index in [4.69, 9.17) is 5.73 Å². The largest absolute Gasteiger partial charge is 0.406 e. The standard InChI is InChI=1S/C11H20F3N/c1-9(2,3)8-4-6-10(15,7-5-8)11(12,13)14/h8H,4-7,15H2,1-3H3. The minimum absolute atomic E-state index is 0.0679. The van der Waals surface area contributed by atoms with Crippen LogP contribution in [0.25, 0.3) is 0 Å². The molecule has 0 heterocycles. The molecule has 1 rings (SSSR count). The van der Waals surface area contributed by atoms with Crippen LogP contribution in [0.15, 0.2) is 0 Å². The van der Waals surface area contributed by atoms with E-state index < -0.39 is 11.7 Å². The maximum Gasteiger partial charge on any atom is 0.406 e. The Kier molecular flexibility index (Phi) is 3.12. The van der Waals surface area contributed by atoms with Crippen LogP contribution in [0.1, 0.15) is 46.5 Å². The predicted octanol–water partition coefficient (Wildman–Crippen LogP) is 3.48. The van der Waals surface area contributed by atoms with Crippen molar-refractivity contribution in [3.05, 3.63) is 0 Å². The third kappa shape index (κ3) is 2.65.